The lowest BCUT2D eigenvalue weighted by atomic mass is 9.76. The maximum Gasteiger partial charge on any atom is 0.244 e. The first-order valence-corrected chi connectivity index (χ1v) is 7.48. The summed E-state index contributed by atoms with van der Waals surface area (Å²) in [4.78, 5) is 0.273. The summed E-state index contributed by atoms with van der Waals surface area (Å²) < 4.78 is 32.6. The summed E-state index contributed by atoms with van der Waals surface area (Å²) >= 11 is 0. The molecule has 17 heavy (non-hydrogen) atoms. The zero-order chi connectivity index (χ0) is 12.7. The van der Waals surface area contributed by atoms with E-state index in [2.05, 4.69) is 4.72 Å². The lowest BCUT2D eigenvalue weighted by Gasteiger charge is -2.41. The van der Waals surface area contributed by atoms with Crippen molar-refractivity contribution in [2.24, 2.45) is 0 Å². The van der Waals surface area contributed by atoms with Crippen LogP contribution in [0.4, 0.5) is 0 Å². The van der Waals surface area contributed by atoms with Crippen LogP contribution in [0.2, 0.25) is 0 Å². The van der Waals surface area contributed by atoms with Crippen LogP contribution in [0.5, 0.6) is 0 Å². The molecule has 1 heterocycles. The third-order valence-electron chi connectivity index (χ3n) is 3.62. The molecule has 1 saturated carbocycles. The summed E-state index contributed by atoms with van der Waals surface area (Å²) in [5, 5.41) is 0. The summed E-state index contributed by atoms with van der Waals surface area (Å²) in [5.41, 5.74) is -0.226. The number of rotatable bonds is 4. The quantitative estimate of drug-likeness (QED) is 0.901. The van der Waals surface area contributed by atoms with Crippen LogP contribution >= 0.6 is 0 Å². The van der Waals surface area contributed by atoms with E-state index in [0.717, 1.165) is 25.7 Å². The third kappa shape index (κ3) is 2.26. The van der Waals surface area contributed by atoms with Crippen molar-refractivity contribution in [2.45, 2.75) is 56.9 Å². The first-order valence-electron chi connectivity index (χ1n) is 5.99. The van der Waals surface area contributed by atoms with Gasteiger partial charge in [0.05, 0.1) is 0 Å². The van der Waals surface area contributed by atoms with Crippen LogP contribution in [-0.2, 0) is 10.0 Å². The van der Waals surface area contributed by atoms with E-state index >= 15 is 0 Å². The van der Waals surface area contributed by atoms with Crippen LogP contribution in [0.1, 0.15) is 44.1 Å². The fourth-order valence-corrected chi connectivity index (χ4v) is 4.12. The Morgan fingerprint density at radius 3 is 2.41 bits per heavy atom. The van der Waals surface area contributed by atoms with Crippen LogP contribution in [0.25, 0.3) is 0 Å². The molecule has 0 bridgehead atoms. The minimum atomic E-state index is -3.44. The van der Waals surface area contributed by atoms with Crippen molar-refractivity contribution in [3.8, 4) is 0 Å². The highest BCUT2D eigenvalue weighted by atomic mass is 32.2. The van der Waals surface area contributed by atoms with Gasteiger partial charge in [-0.1, -0.05) is 6.92 Å². The van der Waals surface area contributed by atoms with Gasteiger partial charge in [-0.15, -0.1) is 0 Å². The Bertz CT molecular complexity index is 506. The van der Waals surface area contributed by atoms with Gasteiger partial charge in [0, 0.05) is 5.54 Å². The molecule has 1 aliphatic rings. The van der Waals surface area contributed by atoms with Crippen LogP contribution < -0.4 is 4.72 Å². The van der Waals surface area contributed by atoms with E-state index < -0.39 is 10.0 Å². The van der Waals surface area contributed by atoms with E-state index in [1.165, 1.54) is 0 Å². The predicted molar refractivity (Wildman–Crippen MR) is 65.4 cm³/mol. The van der Waals surface area contributed by atoms with Crippen LogP contribution in [0.15, 0.2) is 15.4 Å². The number of hydrogen-bond donors (Lipinski definition) is 1. The lowest BCUT2D eigenvalue weighted by molar-refractivity contribution is 0.213. The average molecular weight is 257 g/mol. The Morgan fingerprint density at radius 2 is 2.06 bits per heavy atom. The topological polar surface area (TPSA) is 59.3 Å². The number of sulfonamides is 1. The highest BCUT2D eigenvalue weighted by Gasteiger charge is 2.39. The van der Waals surface area contributed by atoms with Crippen molar-refractivity contribution >= 4 is 10.0 Å². The van der Waals surface area contributed by atoms with Crippen LogP contribution in [0.3, 0.4) is 0 Å². The summed E-state index contributed by atoms with van der Waals surface area (Å²) in [6, 6.07) is 1.58. The molecular weight excluding hydrogens is 238 g/mol. The highest BCUT2D eigenvalue weighted by Crippen LogP contribution is 2.36. The smallest absolute Gasteiger partial charge is 0.244 e. The summed E-state index contributed by atoms with van der Waals surface area (Å²) in [5.74, 6) is 1.09. The van der Waals surface area contributed by atoms with Gasteiger partial charge in [0.2, 0.25) is 10.0 Å². The van der Waals surface area contributed by atoms with Gasteiger partial charge in [-0.3, -0.25) is 0 Å². The summed E-state index contributed by atoms with van der Waals surface area (Å²) in [6.45, 7) is 5.46. The lowest BCUT2D eigenvalue weighted by Crippen LogP contribution is -2.52. The second-order valence-corrected chi connectivity index (χ2v) is 6.52. The van der Waals surface area contributed by atoms with Gasteiger partial charge in [-0.25, -0.2) is 13.1 Å². The second kappa shape index (κ2) is 4.14. The van der Waals surface area contributed by atoms with Gasteiger partial charge in [0.25, 0.3) is 0 Å². The largest absolute Gasteiger partial charge is 0.465 e. The summed E-state index contributed by atoms with van der Waals surface area (Å²) in [6.07, 6.45) is 3.79. The molecule has 1 fully saturated rings. The second-order valence-electron chi connectivity index (χ2n) is 4.87. The molecule has 0 aliphatic heterocycles. The molecule has 1 aromatic rings. The minimum absolute atomic E-state index is 0.226. The molecular formula is C12H19NO3S. The van der Waals surface area contributed by atoms with Crippen molar-refractivity contribution in [2.75, 3.05) is 0 Å². The van der Waals surface area contributed by atoms with Gasteiger partial charge in [-0.05, 0) is 45.6 Å². The molecule has 5 heteroatoms. The zero-order valence-electron chi connectivity index (χ0n) is 10.5. The Hall–Kier alpha value is -0.810. The number of aryl methyl sites for hydroxylation is 2. The van der Waals surface area contributed by atoms with E-state index in [9.17, 15) is 8.42 Å². The van der Waals surface area contributed by atoms with Crippen molar-refractivity contribution in [1.82, 2.24) is 4.72 Å². The minimum Gasteiger partial charge on any atom is -0.465 e. The molecule has 96 valence electrons. The SMILES string of the molecule is CCC1(NS(=O)(=O)c2cc(C)oc2C)CCC1. The first kappa shape index (κ1) is 12.6. The van der Waals surface area contributed by atoms with Gasteiger partial charge in [0.15, 0.2) is 0 Å². The molecule has 0 atom stereocenters. The van der Waals surface area contributed by atoms with Crippen molar-refractivity contribution in [3.05, 3.63) is 17.6 Å². The van der Waals surface area contributed by atoms with Gasteiger partial charge < -0.3 is 4.42 Å². The molecule has 0 aromatic carbocycles. The summed E-state index contributed by atoms with van der Waals surface area (Å²) in [7, 11) is -3.44. The maximum absolute atomic E-state index is 12.3. The fourth-order valence-electron chi connectivity index (χ4n) is 2.35. The molecule has 1 N–H and O–H groups in total. The van der Waals surface area contributed by atoms with E-state index in [4.69, 9.17) is 4.42 Å². The average Bonchev–Trinajstić information content (AvgIpc) is 2.52. The molecule has 2 rings (SSSR count). The van der Waals surface area contributed by atoms with Gasteiger partial charge in [0.1, 0.15) is 16.4 Å². The molecule has 0 spiro atoms. The van der Waals surface area contributed by atoms with E-state index in [1.54, 1.807) is 19.9 Å². The van der Waals surface area contributed by atoms with Crippen molar-refractivity contribution in [3.63, 3.8) is 0 Å². The zero-order valence-corrected chi connectivity index (χ0v) is 11.4. The van der Waals surface area contributed by atoms with E-state index in [1.807, 2.05) is 6.92 Å². The van der Waals surface area contributed by atoms with Gasteiger partial charge in [-0.2, -0.15) is 0 Å². The fraction of sp³-hybridized carbons (Fsp3) is 0.667. The monoisotopic (exact) mass is 257 g/mol. The molecule has 1 aromatic heterocycles. The van der Waals surface area contributed by atoms with Gasteiger partial charge >= 0.3 is 0 Å². The Morgan fingerprint density at radius 1 is 1.41 bits per heavy atom. The maximum atomic E-state index is 12.3. The molecule has 1 aliphatic carbocycles. The van der Waals surface area contributed by atoms with Crippen molar-refractivity contribution < 1.29 is 12.8 Å². The Labute approximate surface area is 102 Å². The number of nitrogens with one attached hydrogen (secondary N) is 1. The van der Waals surface area contributed by atoms with Crippen LogP contribution in [0, 0.1) is 13.8 Å². The van der Waals surface area contributed by atoms with Crippen LogP contribution in [-0.4, -0.2) is 14.0 Å². The standard InChI is InChI=1S/C12H19NO3S/c1-4-12(6-5-7-12)13-17(14,15)11-8-9(2)16-10(11)3/h8,13H,4-7H2,1-3H3. The molecule has 0 unspecified atom stereocenters. The number of furan rings is 1. The molecule has 0 saturated heterocycles. The van der Waals surface area contributed by atoms with E-state index in [-0.39, 0.29) is 10.4 Å². The molecule has 0 radical (unpaired) electrons. The predicted octanol–water partition coefficient (Wildman–Crippen LogP) is 2.51. The number of hydrogen-bond acceptors (Lipinski definition) is 3. The highest BCUT2D eigenvalue weighted by molar-refractivity contribution is 7.89. The Balaban J connectivity index is 2.28. The Kier molecular flexibility index (Phi) is 3.08. The molecule has 4 nitrogen and oxygen atoms in total. The first-order chi connectivity index (χ1) is 7.88. The molecule has 0 amide bonds. The third-order valence-corrected chi connectivity index (χ3v) is 5.31. The normalized spacial score (nSPS) is 19.0. The van der Waals surface area contributed by atoms with Crippen molar-refractivity contribution in [1.29, 1.82) is 0 Å². The van der Waals surface area contributed by atoms with E-state index in [0.29, 0.717) is 11.5 Å².